The maximum absolute atomic E-state index is 13.4. The molecule has 1 aromatic carbocycles. The van der Waals surface area contributed by atoms with Crippen molar-refractivity contribution in [3.63, 3.8) is 0 Å². The van der Waals surface area contributed by atoms with Gasteiger partial charge < -0.3 is 10.1 Å². The van der Waals surface area contributed by atoms with E-state index in [4.69, 9.17) is 4.74 Å². The molecule has 0 fully saturated rings. The van der Waals surface area contributed by atoms with Gasteiger partial charge in [-0.3, -0.25) is 0 Å². The van der Waals surface area contributed by atoms with E-state index in [1.165, 1.54) is 13.3 Å². The highest BCUT2D eigenvalue weighted by molar-refractivity contribution is 9.10. The zero-order valence-corrected chi connectivity index (χ0v) is 10.8. The zero-order chi connectivity index (χ0) is 13.1. The Hall–Kier alpha value is -1.76. The zero-order valence-electron chi connectivity index (χ0n) is 9.25. The lowest BCUT2D eigenvalue weighted by Gasteiger charge is -2.08. The summed E-state index contributed by atoms with van der Waals surface area (Å²) in [5, 5.41) is 2.58. The van der Waals surface area contributed by atoms with Crippen molar-refractivity contribution in [2.24, 2.45) is 0 Å². The summed E-state index contributed by atoms with van der Waals surface area (Å²) in [5.41, 5.74) is -0.0422. The molecule has 0 saturated carbocycles. The lowest BCUT2D eigenvalue weighted by Crippen LogP contribution is -2.01. The van der Waals surface area contributed by atoms with Crippen LogP contribution >= 0.6 is 15.9 Å². The van der Waals surface area contributed by atoms with Crippen LogP contribution < -0.4 is 10.1 Å². The van der Waals surface area contributed by atoms with E-state index >= 15 is 0 Å². The van der Waals surface area contributed by atoms with E-state index in [1.54, 1.807) is 0 Å². The highest BCUT2D eigenvalue weighted by atomic mass is 79.9. The van der Waals surface area contributed by atoms with Gasteiger partial charge in [0.2, 0.25) is 11.8 Å². The molecule has 1 heterocycles. The first-order chi connectivity index (χ1) is 8.60. The molecule has 0 aliphatic rings. The number of aromatic nitrogens is 2. The molecule has 2 aromatic rings. The van der Waals surface area contributed by atoms with Crippen molar-refractivity contribution in [2.75, 3.05) is 12.4 Å². The average Bonchev–Trinajstić information content (AvgIpc) is 2.36. The van der Waals surface area contributed by atoms with E-state index in [-0.39, 0.29) is 11.6 Å². The first-order valence-electron chi connectivity index (χ1n) is 4.89. The van der Waals surface area contributed by atoms with Crippen molar-refractivity contribution >= 4 is 27.6 Å². The number of hydrogen-bond donors (Lipinski definition) is 1. The molecule has 4 nitrogen and oxygen atoms in total. The van der Waals surface area contributed by atoms with Crippen molar-refractivity contribution in [2.45, 2.75) is 0 Å². The number of rotatable bonds is 3. The Morgan fingerprint density at radius 1 is 1.33 bits per heavy atom. The van der Waals surface area contributed by atoms with Crippen molar-refractivity contribution in [3.05, 3.63) is 40.5 Å². The Morgan fingerprint density at radius 3 is 2.83 bits per heavy atom. The highest BCUT2D eigenvalue weighted by Crippen LogP contribution is 2.24. The number of benzene rings is 1. The summed E-state index contributed by atoms with van der Waals surface area (Å²) in [6.45, 7) is 0. The number of methoxy groups -OCH3 is 1. The number of anilines is 2. The molecule has 0 atom stereocenters. The number of hydrogen-bond acceptors (Lipinski definition) is 4. The van der Waals surface area contributed by atoms with Crippen molar-refractivity contribution in [1.29, 1.82) is 0 Å². The number of nitrogens with zero attached hydrogens (tertiary/aromatic N) is 2. The fourth-order valence-corrected chi connectivity index (χ4v) is 1.62. The minimum atomic E-state index is -0.595. The SMILES string of the molecule is COc1nc(Nc2cc(F)ccc2F)ncc1Br. The third-order valence-corrected chi connectivity index (χ3v) is 2.62. The molecule has 0 spiro atoms. The number of ether oxygens (including phenoxy) is 1. The summed E-state index contributed by atoms with van der Waals surface area (Å²) < 4.78 is 31.9. The predicted molar refractivity (Wildman–Crippen MR) is 65.9 cm³/mol. The molecule has 0 amide bonds. The van der Waals surface area contributed by atoms with Gasteiger partial charge in [-0.05, 0) is 28.1 Å². The van der Waals surface area contributed by atoms with Gasteiger partial charge in [0, 0.05) is 6.07 Å². The second-order valence-corrected chi connectivity index (χ2v) is 4.15. The molecule has 18 heavy (non-hydrogen) atoms. The Bertz CT molecular complexity index is 580. The molecule has 0 bridgehead atoms. The molecule has 0 unspecified atom stereocenters. The van der Waals surface area contributed by atoms with Crippen LogP contribution in [0.1, 0.15) is 0 Å². The van der Waals surface area contributed by atoms with Gasteiger partial charge in [-0.15, -0.1) is 0 Å². The van der Waals surface area contributed by atoms with Crippen molar-refractivity contribution < 1.29 is 13.5 Å². The largest absolute Gasteiger partial charge is 0.480 e. The minimum Gasteiger partial charge on any atom is -0.480 e. The minimum absolute atomic E-state index is 0.0422. The Labute approximate surface area is 110 Å². The monoisotopic (exact) mass is 315 g/mol. The van der Waals surface area contributed by atoms with Crippen molar-refractivity contribution in [1.82, 2.24) is 9.97 Å². The Balaban J connectivity index is 2.31. The normalized spacial score (nSPS) is 10.2. The first kappa shape index (κ1) is 12.7. The van der Waals surface area contributed by atoms with E-state index in [0.29, 0.717) is 10.4 Å². The Morgan fingerprint density at radius 2 is 2.11 bits per heavy atom. The van der Waals surface area contributed by atoms with E-state index in [1.807, 2.05) is 0 Å². The molecule has 1 aromatic heterocycles. The Kier molecular flexibility index (Phi) is 3.71. The summed E-state index contributed by atoms with van der Waals surface area (Å²) in [6.07, 6.45) is 1.45. The van der Waals surface area contributed by atoms with Crippen LogP contribution in [-0.2, 0) is 0 Å². The summed E-state index contributed by atoms with van der Waals surface area (Å²) in [7, 11) is 1.44. The van der Waals surface area contributed by atoms with E-state index < -0.39 is 11.6 Å². The topological polar surface area (TPSA) is 47.0 Å². The second kappa shape index (κ2) is 5.26. The van der Waals surface area contributed by atoms with Crippen LogP contribution in [0.15, 0.2) is 28.9 Å². The number of halogens is 3. The van der Waals surface area contributed by atoms with E-state index in [0.717, 1.165) is 18.2 Å². The predicted octanol–water partition coefficient (Wildman–Crippen LogP) is 3.27. The molecule has 0 aliphatic heterocycles. The van der Waals surface area contributed by atoms with E-state index in [9.17, 15) is 8.78 Å². The van der Waals surface area contributed by atoms with Gasteiger partial charge in [0.25, 0.3) is 0 Å². The van der Waals surface area contributed by atoms with Crippen LogP contribution in [-0.4, -0.2) is 17.1 Å². The smallest absolute Gasteiger partial charge is 0.232 e. The van der Waals surface area contributed by atoms with Crippen molar-refractivity contribution in [3.8, 4) is 5.88 Å². The number of nitrogens with one attached hydrogen (secondary N) is 1. The third-order valence-electron chi connectivity index (χ3n) is 2.08. The van der Waals surface area contributed by atoms with Gasteiger partial charge in [-0.2, -0.15) is 4.98 Å². The summed E-state index contributed by atoms with van der Waals surface area (Å²) in [4.78, 5) is 7.89. The van der Waals surface area contributed by atoms with E-state index in [2.05, 4.69) is 31.2 Å². The average molecular weight is 316 g/mol. The van der Waals surface area contributed by atoms with Crippen LogP contribution in [0, 0.1) is 11.6 Å². The van der Waals surface area contributed by atoms with Crippen LogP contribution in [0.4, 0.5) is 20.4 Å². The summed E-state index contributed by atoms with van der Waals surface area (Å²) in [5.74, 6) is -0.742. The molecule has 94 valence electrons. The molecule has 7 heteroatoms. The second-order valence-electron chi connectivity index (χ2n) is 3.30. The molecular weight excluding hydrogens is 308 g/mol. The molecule has 0 aliphatic carbocycles. The molecule has 0 saturated heterocycles. The summed E-state index contributed by atoms with van der Waals surface area (Å²) >= 11 is 3.19. The van der Waals surface area contributed by atoms with Gasteiger partial charge in [0.15, 0.2) is 0 Å². The lowest BCUT2D eigenvalue weighted by molar-refractivity contribution is 0.394. The molecular formula is C11H8BrF2N3O. The first-order valence-corrected chi connectivity index (χ1v) is 5.68. The van der Waals surface area contributed by atoms with Gasteiger partial charge in [-0.1, -0.05) is 0 Å². The van der Waals surface area contributed by atoms with Crippen LogP contribution in [0.3, 0.4) is 0 Å². The highest BCUT2D eigenvalue weighted by Gasteiger charge is 2.08. The fraction of sp³-hybridized carbons (Fsp3) is 0.0909. The molecule has 1 N–H and O–H groups in total. The van der Waals surface area contributed by atoms with Crippen LogP contribution in [0.25, 0.3) is 0 Å². The molecule has 0 radical (unpaired) electrons. The molecule has 2 rings (SSSR count). The van der Waals surface area contributed by atoms with Gasteiger partial charge in [-0.25, -0.2) is 13.8 Å². The van der Waals surface area contributed by atoms with Crippen LogP contribution in [0.2, 0.25) is 0 Å². The third kappa shape index (κ3) is 2.73. The lowest BCUT2D eigenvalue weighted by atomic mass is 10.3. The maximum Gasteiger partial charge on any atom is 0.232 e. The quantitative estimate of drug-likeness (QED) is 0.944. The fourth-order valence-electron chi connectivity index (χ4n) is 1.27. The summed E-state index contributed by atoms with van der Waals surface area (Å²) in [6, 6.07) is 3.07. The maximum atomic E-state index is 13.4. The van der Waals surface area contributed by atoms with Gasteiger partial charge in [0.1, 0.15) is 11.6 Å². The van der Waals surface area contributed by atoms with Gasteiger partial charge >= 0.3 is 0 Å². The standard InChI is InChI=1S/C11H8BrF2N3O/c1-18-10-7(12)5-15-11(17-10)16-9-4-6(13)2-3-8(9)14/h2-5H,1H3,(H,15,16,17). The van der Waals surface area contributed by atoms with Crippen LogP contribution in [0.5, 0.6) is 5.88 Å². The van der Waals surface area contributed by atoms with Gasteiger partial charge in [0.05, 0.1) is 23.5 Å².